The van der Waals surface area contributed by atoms with Gasteiger partial charge in [0.25, 0.3) is 0 Å². The summed E-state index contributed by atoms with van der Waals surface area (Å²) in [5.41, 5.74) is 4.69. The van der Waals surface area contributed by atoms with E-state index in [1.165, 1.54) is 17.5 Å². The molecule has 3 aromatic rings. The van der Waals surface area contributed by atoms with Crippen LogP contribution in [-0.4, -0.2) is 16.7 Å². The van der Waals surface area contributed by atoms with Crippen LogP contribution in [0.5, 0.6) is 11.5 Å². The summed E-state index contributed by atoms with van der Waals surface area (Å²) >= 11 is 0. The maximum Gasteiger partial charge on any atom is 0.226 e. The van der Waals surface area contributed by atoms with Crippen molar-refractivity contribution in [2.75, 3.05) is 6.61 Å². The van der Waals surface area contributed by atoms with Crippen molar-refractivity contribution >= 4 is 0 Å². The minimum atomic E-state index is 0.235. The van der Waals surface area contributed by atoms with Gasteiger partial charge in [-0.1, -0.05) is 19.9 Å². The van der Waals surface area contributed by atoms with Gasteiger partial charge in [-0.3, -0.25) is 0 Å². The summed E-state index contributed by atoms with van der Waals surface area (Å²) < 4.78 is 11.9. The van der Waals surface area contributed by atoms with Crippen LogP contribution in [-0.2, 0) is 19.3 Å². The van der Waals surface area contributed by atoms with Gasteiger partial charge in [0.15, 0.2) is 0 Å². The van der Waals surface area contributed by atoms with Gasteiger partial charge in [0.1, 0.15) is 17.3 Å². The Kier molecular flexibility index (Phi) is 4.88. The van der Waals surface area contributed by atoms with Crippen LogP contribution in [0.4, 0.5) is 0 Å². The molecule has 4 rings (SSSR count). The molecular weight excluding hydrogens is 338 g/mol. The third kappa shape index (κ3) is 3.70. The van der Waals surface area contributed by atoms with Gasteiger partial charge in [-0.2, -0.15) is 0 Å². The Labute approximate surface area is 159 Å². The minimum Gasteiger partial charge on any atom is -0.508 e. The summed E-state index contributed by atoms with van der Waals surface area (Å²) in [6.07, 6.45) is 3.87. The lowest BCUT2D eigenvalue weighted by Gasteiger charge is -2.09. The standard InChI is InChI=1S/C23H25NO3/c1-3-22-21(24-23(27-22)16-6-8-18(25)9-7-16)12-13-26-19-10-11-20-15(2)4-5-17(20)14-19/h6-11,14-15,25H,3-5,12-13H2,1-2H3. The minimum absolute atomic E-state index is 0.235. The Morgan fingerprint density at radius 3 is 2.78 bits per heavy atom. The second kappa shape index (κ2) is 7.47. The molecule has 0 spiro atoms. The Morgan fingerprint density at radius 2 is 2.00 bits per heavy atom. The maximum atomic E-state index is 9.44. The molecule has 1 aliphatic carbocycles. The molecule has 27 heavy (non-hydrogen) atoms. The predicted octanol–water partition coefficient (Wildman–Crippen LogP) is 5.28. The molecule has 0 bridgehead atoms. The predicted molar refractivity (Wildman–Crippen MR) is 105 cm³/mol. The number of aromatic hydroxyl groups is 1. The van der Waals surface area contributed by atoms with E-state index in [0.29, 0.717) is 24.8 Å². The number of hydrogen-bond donors (Lipinski definition) is 1. The molecule has 0 saturated carbocycles. The highest BCUT2D eigenvalue weighted by atomic mass is 16.5. The Balaban J connectivity index is 1.43. The molecule has 1 aliphatic rings. The van der Waals surface area contributed by atoms with E-state index in [0.717, 1.165) is 35.6 Å². The monoisotopic (exact) mass is 363 g/mol. The maximum absolute atomic E-state index is 9.44. The number of rotatable bonds is 6. The van der Waals surface area contributed by atoms with E-state index in [-0.39, 0.29) is 5.75 Å². The van der Waals surface area contributed by atoms with E-state index in [9.17, 15) is 5.11 Å². The second-order valence-corrected chi connectivity index (χ2v) is 7.19. The van der Waals surface area contributed by atoms with Crippen molar-refractivity contribution in [3.05, 3.63) is 65.0 Å². The fourth-order valence-electron chi connectivity index (χ4n) is 3.74. The van der Waals surface area contributed by atoms with Crippen molar-refractivity contribution in [3.63, 3.8) is 0 Å². The molecule has 140 valence electrons. The SMILES string of the molecule is CCc1oc(-c2ccc(O)cc2)nc1CCOc1ccc2c(c1)CCC2C. The lowest BCUT2D eigenvalue weighted by Crippen LogP contribution is -2.04. The summed E-state index contributed by atoms with van der Waals surface area (Å²) in [5.74, 6) is 3.31. The molecule has 1 N–H and O–H groups in total. The van der Waals surface area contributed by atoms with Crippen molar-refractivity contribution in [1.29, 1.82) is 0 Å². The largest absolute Gasteiger partial charge is 0.508 e. The van der Waals surface area contributed by atoms with Gasteiger partial charge < -0.3 is 14.3 Å². The number of phenols is 1. The van der Waals surface area contributed by atoms with Crippen LogP contribution in [0.2, 0.25) is 0 Å². The highest BCUT2D eigenvalue weighted by molar-refractivity contribution is 5.55. The molecule has 1 heterocycles. The fraction of sp³-hybridized carbons (Fsp3) is 0.348. The summed E-state index contributed by atoms with van der Waals surface area (Å²) in [6, 6.07) is 13.4. The summed E-state index contributed by atoms with van der Waals surface area (Å²) in [5, 5.41) is 9.44. The van der Waals surface area contributed by atoms with Crippen LogP contribution >= 0.6 is 0 Å². The highest BCUT2D eigenvalue weighted by Crippen LogP contribution is 2.34. The van der Waals surface area contributed by atoms with Crippen molar-refractivity contribution in [3.8, 4) is 23.0 Å². The third-order valence-corrected chi connectivity index (χ3v) is 5.31. The number of phenolic OH excluding ortho intramolecular Hbond substituents is 1. The first kappa shape index (κ1) is 17.7. The first-order valence-corrected chi connectivity index (χ1v) is 9.67. The van der Waals surface area contributed by atoms with Gasteiger partial charge in [-0.15, -0.1) is 0 Å². The molecule has 1 atom stereocenters. The number of oxazole rings is 1. The number of aromatic nitrogens is 1. The number of ether oxygens (including phenoxy) is 1. The zero-order valence-electron chi connectivity index (χ0n) is 15.9. The number of hydrogen-bond acceptors (Lipinski definition) is 4. The van der Waals surface area contributed by atoms with Crippen molar-refractivity contribution < 1.29 is 14.3 Å². The van der Waals surface area contributed by atoms with Crippen LogP contribution in [0.1, 0.15) is 48.8 Å². The van der Waals surface area contributed by atoms with Gasteiger partial charge >= 0.3 is 0 Å². The van der Waals surface area contributed by atoms with E-state index in [4.69, 9.17) is 9.15 Å². The van der Waals surface area contributed by atoms with E-state index >= 15 is 0 Å². The number of fused-ring (bicyclic) bond motifs is 1. The molecular formula is C23H25NO3. The van der Waals surface area contributed by atoms with Gasteiger partial charge in [-0.05, 0) is 66.3 Å². The number of nitrogens with zero attached hydrogens (tertiary/aromatic N) is 1. The molecule has 4 nitrogen and oxygen atoms in total. The molecule has 0 fully saturated rings. The van der Waals surface area contributed by atoms with E-state index in [1.807, 2.05) is 12.1 Å². The van der Waals surface area contributed by atoms with Crippen molar-refractivity contribution in [2.24, 2.45) is 0 Å². The average Bonchev–Trinajstić information content (AvgIpc) is 3.26. The van der Waals surface area contributed by atoms with Crippen molar-refractivity contribution in [2.45, 2.75) is 45.4 Å². The van der Waals surface area contributed by atoms with Crippen LogP contribution in [0, 0.1) is 0 Å². The van der Waals surface area contributed by atoms with Crippen LogP contribution in [0.3, 0.4) is 0 Å². The first-order chi connectivity index (χ1) is 13.1. The zero-order chi connectivity index (χ0) is 18.8. The third-order valence-electron chi connectivity index (χ3n) is 5.31. The topological polar surface area (TPSA) is 55.5 Å². The Hall–Kier alpha value is -2.75. The lowest BCUT2D eigenvalue weighted by molar-refractivity contribution is 0.319. The van der Waals surface area contributed by atoms with Gasteiger partial charge in [0.2, 0.25) is 5.89 Å². The Bertz CT molecular complexity index is 927. The van der Waals surface area contributed by atoms with Crippen LogP contribution in [0.15, 0.2) is 46.9 Å². The van der Waals surface area contributed by atoms with Crippen LogP contribution < -0.4 is 4.74 Å². The molecule has 0 aliphatic heterocycles. The van der Waals surface area contributed by atoms with Crippen molar-refractivity contribution in [1.82, 2.24) is 4.98 Å². The first-order valence-electron chi connectivity index (χ1n) is 9.67. The van der Waals surface area contributed by atoms with Crippen LogP contribution in [0.25, 0.3) is 11.5 Å². The molecule has 1 unspecified atom stereocenters. The number of benzene rings is 2. The highest BCUT2D eigenvalue weighted by Gasteiger charge is 2.19. The summed E-state index contributed by atoms with van der Waals surface area (Å²) in [6.45, 7) is 4.92. The second-order valence-electron chi connectivity index (χ2n) is 7.19. The van der Waals surface area contributed by atoms with Gasteiger partial charge in [-0.25, -0.2) is 4.98 Å². The average molecular weight is 363 g/mol. The molecule has 4 heteroatoms. The molecule has 0 amide bonds. The molecule has 0 radical (unpaired) electrons. The normalized spacial score (nSPS) is 15.7. The Morgan fingerprint density at radius 1 is 1.19 bits per heavy atom. The molecule has 2 aromatic carbocycles. The van der Waals surface area contributed by atoms with E-state index in [1.54, 1.807) is 12.1 Å². The van der Waals surface area contributed by atoms with E-state index in [2.05, 4.69) is 37.0 Å². The fourth-order valence-corrected chi connectivity index (χ4v) is 3.74. The zero-order valence-corrected chi connectivity index (χ0v) is 15.9. The van der Waals surface area contributed by atoms with Gasteiger partial charge in [0, 0.05) is 18.4 Å². The molecule has 0 saturated heterocycles. The quantitative estimate of drug-likeness (QED) is 0.647. The molecule has 1 aromatic heterocycles. The lowest BCUT2D eigenvalue weighted by atomic mass is 10.0. The summed E-state index contributed by atoms with van der Waals surface area (Å²) in [7, 11) is 0. The van der Waals surface area contributed by atoms with Gasteiger partial charge in [0.05, 0.1) is 12.3 Å². The number of aryl methyl sites for hydroxylation is 2. The summed E-state index contributed by atoms with van der Waals surface area (Å²) in [4.78, 5) is 4.65. The smallest absolute Gasteiger partial charge is 0.226 e. The van der Waals surface area contributed by atoms with E-state index < -0.39 is 0 Å².